The van der Waals surface area contributed by atoms with Crippen molar-refractivity contribution in [2.75, 3.05) is 26.9 Å². The summed E-state index contributed by atoms with van der Waals surface area (Å²) in [4.78, 5) is 14.4. The number of hydrogen-bond donors (Lipinski definition) is 0. The van der Waals surface area contributed by atoms with Gasteiger partial charge in [0.25, 0.3) is 5.91 Å². The molecule has 1 aliphatic carbocycles. The molecule has 0 bridgehead atoms. The number of rotatable bonds is 3. The molecule has 0 radical (unpaired) electrons. The Morgan fingerprint density at radius 2 is 2.19 bits per heavy atom. The number of fused-ring (bicyclic) bond motifs is 2. The second-order valence-corrected chi connectivity index (χ2v) is 5.87. The highest BCUT2D eigenvalue weighted by atomic mass is 19.1. The van der Waals surface area contributed by atoms with Gasteiger partial charge in [-0.2, -0.15) is 0 Å². The average molecular weight is 289 g/mol. The SMILES string of the molecule is COc1ccc2occ(C(=O)N3C[C@@H]4C(CF)[C@@H]4C3)c2c1. The second kappa shape index (κ2) is 4.48. The van der Waals surface area contributed by atoms with Gasteiger partial charge in [0, 0.05) is 18.5 Å². The molecule has 1 aromatic carbocycles. The van der Waals surface area contributed by atoms with E-state index in [9.17, 15) is 9.18 Å². The zero-order valence-electron chi connectivity index (χ0n) is 11.7. The molecule has 2 aromatic rings. The van der Waals surface area contributed by atoms with E-state index in [0.717, 1.165) is 5.39 Å². The van der Waals surface area contributed by atoms with E-state index in [1.807, 2.05) is 11.0 Å². The lowest BCUT2D eigenvalue weighted by Gasteiger charge is -2.18. The van der Waals surface area contributed by atoms with Crippen molar-refractivity contribution in [3.63, 3.8) is 0 Å². The highest BCUT2D eigenvalue weighted by molar-refractivity contribution is 6.06. The topological polar surface area (TPSA) is 42.7 Å². The van der Waals surface area contributed by atoms with Crippen LogP contribution in [-0.2, 0) is 0 Å². The Bertz CT molecular complexity index is 699. The lowest BCUT2D eigenvalue weighted by Crippen LogP contribution is -2.31. The van der Waals surface area contributed by atoms with Crippen LogP contribution in [-0.4, -0.2) is 37.7 Å². The molecule has 4 nitrogen and oxygen atoms in total. The Hall–Kier alpha value is -2.04. The lowest BCUT2D eigenvalue weighted by molar-refractivity contribution is 0.0766. The van der Waals surface area contributed by atoms with E-state index in [1.54, 1.807) is 19.2 Å². The fourth-order valence-corrected chi connectivity index (χ4v) is 3.52. The molecule has 2 heterocycles. The van der Waals surface area contributed by atoms with Crippen LogP contribution in [0.15, 0.2) is 28.9 Å². The molecule has 1 saturated heterocycles. The second-order valence-electron chi connectivity index (χ2n) is 5.87. The van der Waals surface area contributed by atoms with E-state index in [4.69, 9.17) is 9.15 Å². The summed E-state index contributed by atoms with van der Waals surface area (Å²) in [5.41, 5.74) is 1.23. The van der Waals surface area contributed by atoms with Gasteiger partial charge in [0.15, 0.2) is 0 Å². The van der Waals surface area contributed by atoms with E-state index in [2.05, 4.69) is 0 Å². The third-order valence-corrected chi connectivity index (χ3v) is 4.85. The van der Waals surface area contributed by atoms with Crippen molar-refractivity contribution in [3.05, 3.63) is 30.0 Å². The van der Waals surface area contributed by atoms with Gasteiger partial charge >= 0.3 is 0 Å². The molecular formula is C16H16FNO3. The zero-order valence-corrected chi connectivity index (χ0v) is 11.7. The molecular weight excluding hydrogens is 273 g/mol. The number of nitrogens with zero attached hydrogens (tertiary/aromatic N) is 1. The summed E-state index contributed by atoms with van der Waals surface area (Å²) in [5, 5.41) is 0.766. The number of alkyl halides is 1. The van der Waals surface area contributed by atoms with Crippen molar-refractivity contribution in [2.24, 2.45) is 17.8 Å². The Labute approximate surface area is 121 Å². The number of halogens is 1. The highest BCUT2D eigenvalue weighted by Crippen LogP contribution is 2.52. The summed E-state index contributed by atoms with van der Waals surface area (Å²) in [6.45, 7) is 1.06. The summed E-state index contributed by atoms with van der Waals surface area (Å²) in [7, 11) is 1.59. The van der Waals surface area contributed by atoms with Crippen LogP contribution in [0.4, 0.5) is 4.39 Å². The van der Waals surface area contributed by atoms with Crippen molar-refractivity contribution in [1.29, 1.82) is 0 Å². The van der Waals surface area contributed by atoms with Crippen LogP contribution < -0.4 is 4.74 Å². The highest BCUT2D eigenvalue weighted by Gasteiger charge is 2.56. The smallest absolute Gasteiger partial charge is 0.257 e. The molecule has 0 N–H and O–H groups in total. The minimum absolute atomic E-state index is 0.0354. The molecule has 5 heteroatoms. The first-order valence-corrected chi connectivity index (χ1v) is 7.13. The maximum absolute atomic E-state index is 12.7. The van der Waals surface area contributed by atoms with Gasteiger partial charge in [0.1, 0.15) is 17.6 Å². The number of likely N-dealkylation sites (tertiary alicyclic amines) is 1. The van der Waals surface area contributed by atoms with Gasteiger partial charge in [0.2, 0.25) is 0 Å². The summed E-state index contributed by atoms with van der Waals surface area (Å²) in [6, 6.07) is 5.41. The molecule has 2 fully saturated rings. The molecule has 0 spiro atoms. The Kier molecular flexibility index (Phi) is 2.71. The first kappa shape index (κ1) is 12.7. The van der Waals surface area contributed by atoms with Gasteiger partial charge in [-0.15, -0.1) is 0 Å². The Morgan fingerprint density at radius 3 is 2.86 bits per heavy atom. The first-order valence-electron chi connectivity index (χ1n) is 7.13. The summed E-state index contributed by atoms with van der Waals surface area (Å²) < 4.78 is 23.3. The third kappa shape index (κ3) is 1.83. The summed E-state index contributed by atoms with van der Waals surface area (Å²) >= 11 is 0. The van der Waals surface area contributed by atoms with Crippen molar-refractivity contribution < 1.29 is 18.3 Å². The number of benzene rings is 1. The summed E-state index contributed by atoms with van der Waals surface area (Å²) in [6.07, 6.45) is 1.50. The zero-order chi connectivity index (χ0) is 14.6. The van der Waals surface area contributed by atoms with E-state index in [-0.39, 0.29) is 18.5 Å². The fraction of sp³-hybridized carbons (Fsp3) is 0.438. The van der Waals surface area contributed by atoms with Gasteiger partial charge < -0.3 is 14.1 Å². The number of piperidine rings is 1. The number of amides is 1. The standard InChI is InChI=1S/C16H16FNO3/c1-20-9-2-3-15-10(4-9)14(8-21-15)16(19)18-6-12-11(5-17)13(12)7-18/h2-4,8,11-13H,5-7H2,1H3/t11?,12-,13+. The van der Waals surface area contributed by atoms with E-state index in [0.29, 0.717) is 41.8 Å². The van der Waals surface area contributed by atoms with Crippen LogP contribution in [0.3, 0.4) is 0 Å². The van der Waals surface area contributed by atoms with Crippen LogP contribution in [0, 0.1) is 17.8 Å². The molecule has 4 rings (SSSR count). The van der Waals surface area contributed by atoms with Crippen molar-refractivity contribution in [3.8, 4) is 5.75 Å². The number of ether oxygens (including phenoxy) is 1. The van der Waals surface area contributed by atoms with Crippen LogP contribution in [0.2, 0.25) is 0 Å². The first-order chi connectivity index (χ1) is 10.2. The van der Waals surface area contributed by atoms with Crippen molar-refractivity contribution in [2.45, 2.75) is 0 Å². The van der Waals surface area contributed by atoms with Gasteiger partial charge in [0.05, 0.1) is 19.3 Å². The molecule has 1 aliphatic heterocycles. The number of carbonyl (C=O) groups is 1. The molecule has 1 amide bonds. The molecule has 110 valence electrons. The normalized spacial score (nSPS) is 27.0. The lowest BCUT2D eigenvalue weighted by atomic mass is 10.1. The van der Waals surface area contributed by atoms with E-state index in [1.165, 1.54) is 6.26 Å². The molecule has 3 atom stereocenters. The predicted molar refractivity (Wildman–Crippen MR) is 75.1 cm³/mol. The summed E-state index contributed by atoms with van der Waals surface area (Å²) in [5.74, 6) is 1.54. The molecule has 2 aliphatic rings. The predicted octanol–water partition coefficient (Wildman–Crippen LogP) is 2.73. The largest absolute Gasteiger partial charge is 0.497 e. The molecule has 1 unspecified atom stereocenters. The minimum atomic E-state index is -0.261. The third-order valence-electron chi connectivity index (χ3n) is 4.85. The molecule has 21 heavy (non-hydrogen) atoms. The Balaban J connectivity index is 1.60. The van der Waals surface area contributed by atoms with E-state index < -0.39 is 0 Å². The molecule has 1 aromatic heterocycles. The van der Waals surface area contributed by atoms with Crippen LogP contribution in [0.1, 0.15) is 10.4 Å². The van der Waals surface area contributed by atoms with Crippen molar-refractivity contribution >= 4 is 16.9 Å². The van der Waals surface area contributed by atoms with E-state index >= 15 is 0 Å². The monoisotopic (exact) mass is 289 g/mol. The quantitative estimate of drug-likeness (QED) is 0.872. The number of carbonyl (C=O) groups excluding carboxylic acids is 1. The fourth-order valence-electron chi connectivity index (χ4n) is 3.52. The maximum atomic E-state index is 12.7. The number of hydrogen-bond acceptors (Lipinski definition) is 3. The average Bonchev–Trinajstić information content (AvgIpc) is 2.89. The number of methoxy groups -OCH3 is 1. The molecule has 1 saturated carbocycles. The van der Waals surface area contributed by atoms with Crippen LogP contribution >= 0.6 is 0 Å². The maximum Gasteiger partial charge on any atom is 0.257 e. The van der Waals surface area contributed by atoms with Gasteiger partial charge in [-0.1, -0.05) is 0 Å². The van der Waals surface area contributed by atoms with Gasteiger partial charge in [-0.3, -0.25) is 9.18 Å². The Morgan fingerprint density at radius 1 is 1.43 bits per heavy atom. The number of furan rings is 1. The van der Waals surface area contributed by atoms with Gasteiger partial charge in [-0.05, 0) is 36.0 Å². The van der Waals surface area contributed by atoms with Gasteiger partial charge in [-0.25, -0.2) is 0 Å². The van der Waals surface area contributed by atoms with Crippen LogP contribution in [0.5, 0.6) is 5.75 Å². The van der Waals surface area contributed by atoms with Crippen molar-refractivity contribution in [1.82, 2.24) is 4.90 Å². The van der Waals surface area contributed by atoms with Crippen LogP contribution in [0.25, 0.3) is 11.0 Å². The minimum Gasteiger partial charge on any atom is -0.497 e.